The number of allylic oxidation sites excluding steroid dienone is 1. The second-order valence-electron chi connectivity index (χ2n) is 6.95. The van der Waals surface area contributed by atoms with Crippen LogP contribution in [0.5, 0.6) is 5.75 Å². The predicted molar refractivity (Wildman–Crippen MR) is 98.9 cm³/mol. The lowest BCUT2D eigenvalue weighted by molar-refractivity contribution is -0.136. The van der Waals surface area contributed by atoms with Crippen molar-refractivity contribution in [3.8, 4) is 17.0 Å². The number of fused-ring (bicyclic) bond motifs is 2. The Morgan fingerprint density at radius 1 is 1.11 bits per heavy atom. The highest BCUT2D eigenvalue weighted by molar-refractivity contribution is 6.25. The molecule has 1 aliphatic carbocycles. The zero-order valence-electron chi connectivity index (χ0n) is 15.3. The number of hydrogen-bond donors (Lipinski definition) is 1. The maximum Gasteiger partial charge on any atom is 0.345 e. The number of aliphatic hydroxyl groups excluding tert-OH is 1. The minimum Gasteiger partial charge on any atom is -0.509 e. The summed E-state index contributed by atoms with van der Waals surface area (Å²) in [4.78, 5) is 25.2. The molecule has 2 aliphatic rings. The van der Waals surface area contributed by atoms with Gasteiger partial charge in [-0.3, -0.25) is 4.79 Å². The van der Waals surface area contributed by atoms with Gasteiger partial charge in [0.15, 0.2) is 0 Å². The Kier molecular flexibility index (Phi) is 4.06. The fraction of sp³-hybridized carbons (Fsp3) is 0.333. The van der Waals surface area contributed by atoms with Crippen LogP contribution in [0, 0.1) is 0 Å². The molecule has 0 unspecified atom stereocenters. The summed E-state index contributed by atoms with van der Waals surface area (Å²) in [6.45, 7) is 0. The molecule has 0 radical (unpaired) electrons. The lowest BCUT2D eigenvalue weighted by Gasteiger charge is -2.38. The lowest BCUT2D eigenvalue weighted by atomic mass is 9.85. The van der Waals surface area contributed by atoms with Crippen molar-refractivity contribution in [2.75, 3.05) is 14.2 Å². The summed E-state index contributed by atoms with van der Waals surface area (Å²) in [5.74, 6) is -0.768. The Bertz CT molecular complexity index is 963. The van der Waals surface area contributed by atoms with Crippen molar-refractivity contribution in [3.63, 3.8) is 0 Å². The number of carbonyl (C=O) groups is 2. The molecule has 2 heterocycles. The van der Waals surface area contributed by atoms with Crippen molar-refractivity contribution >= 4 is 11.8 Å². The predicted octanol–water partition coefficient (Wildman–Crippen LogP) is 3.61. The van der Waals surface area contributed by atoms with Crippen LogP contribution in [-0.2, 0) is 15.1 Å². The maximum atomic E-state index is 13.0. The first kappa shape index (κ1) is 17.4. The van der Waals surface area contributed by atoms with Crippen molar-refractivity contribution in [1.29, 1.82) is 0 Å². The summed E-state index contributed by atoms with van der Waals surface area (Å²) in [6, 6.07) is 11.1. The largest absolute Gasteiger partial charge is 0.509 e. The van der Waals surface area contributed by atoms with Crippen LogP contribution in [-0.4, -0.2) is 35.6 Å². The fourth-order valence-electron chi connectivity index (χ4n) is 4.37. The number of methoxy groups -OCH3 is 2. The minimum atomic E-state index is -0.797. The number of ether oxygens (including phenoxy) is 2. The molecule has 1 spiro atoms. The Hall–Kier alpha value is -3.02. The highest BCUT2D eigenvalue weighted by Crippen LogP contribution is 2.49. The fourth-order valence-corrected chi connectivity index (χ4v) is 4.37. The van der Waals surface area contributed by atoms with E-state index in [4.69, 9.17) is 9.47 Å². The minimum absolute atomic E-state index is 0.176. The third-order valence-electron chi connectivity index (χ3n) is 5.63. The Morgan fingerprint density at radius 2 is 1.81 bits per heavy atom. The zero-order valence-corrected chi connectivity index (χ0v) is 15.3. The van der Waals surface area contributed by atoms with Crippen molar-refractivity contribution < 1.29 is 24.2 Å². The summed E-state index contributed by atoms with van der Waals surface area (Å²) in [7, 11) is 2.82. The van der Waals surface area contributed by atoms with E-state index in [-0.39, 0.29) is 11.3 Å². The van der Waals surface area contributed by atoms with Crippen LogP contribution in [0.3, 0.4) is 0 Å². The van der Waals surface area contributed by atoms with Crippen LogP contribution in [0.1, 0.15) is 36.2 Å². The highest BCUT2D eigenvalue weighted by Gasteiger charge is 2.50. The van der Waals surface area contributed by atoms with E-state index in [1.165, 1.54) is 7.11 Å². The second kappa shape index (κ2) is 6.30. The van der Waals surface area contributed by atoms with E-state index in [2.05, 4.69) is 0 Å². The molecular weight excluding hydrogens is 346 g/mol. The molecule has 0 atom stereocenters. The molecule has 0 bridgehead atoms. The molecule has 6 nitrogen and oxygen atoms in total. The molecule has 140 valence electrons. The normalized spacial score (nSPS) is 17.9. The SMILES string of the molecule is COC(=O)C1=C(O)C2(CCCC2)n2c(ccc2-c2cccc(OC)c2)C1=O. The topological polar surface area (TPSA) is 77.8 Å². The molecule has 1 N–H and O–H groups in total. The van der Waals surface area contributed by atoms with Gasteiger partial charge in [0.1, 0.15) is 22.6 Å². The molecule has 1 saturated carbocycles. The van der Waals surface area contributed by atoms with Gasteiger partial charge in [-0.1, -0.05) is 25.0 Å². The number of benzene rings is 1. The van der Waals surface area contributed by atoms with E-state index in [0.29, 0.717) is 24.3 Å². The van der Waals surface area contributed by atoms with Crippen LogP contribution in [0.2, 0.25) is 0 Å². The summed E-state index contributed by atoms with van der Waals surface area (Å²) in [6.07, 6.45) is 3.13. The number of hydrogen-bond acceptors (Lipinski definition) is 5. The Labute approximate surface area is 157 Å². The highest BCUT2D eigenvalue weighted by atomic mass is 16.5. The van der Waals surface area contributed by atoms with Gasteiger partial charge in [0.25, 0.3) is 0 Å². The molecule has 1 aliphatic heterocycles. The van der Waals surface area contributed by atoms with E-state index >= 15 is 0 Å². The van der Waals surface area contributed by atoms with Crippen LogP contribution >= 0.6 is 0 Å². The molecule has 1 fully saturated rings. The lowest BCUT2D eigenvalue weighted by Crippen LogP contribution is -2.42. The van der Waals surface area contributed by atoms with Crippen molar-refractivity contribution in [2.24, 2.45) is 0 Å². The smallest absolute Gasteiger partial charge is 0.345 e. The van der Waals surface area contributed by atoms with Gasteiger partial charge in [0, 0.05) is 11.3 Å². The Balaban J connectivity index is 1.97. The molecule has 1 aromatic carbocycles. The van der Waals surface area contributed by atoms with Gasteiger partial charge in [-0.25, -0.2) is 4.79 Å². The number of ketones is 1. The van der Waals surface area contributed by atoms with Crippen LogP contribution in [0.25, 0.3) is 11.3 Å². The van der Waals surface area contributed by atoms with Crippen LogP contribution < -0.4 is 4.74 Å². The van der Waals surface area contributed by atoms with Crippen molar-refractivity contribution in [2.45, 2.75) is 31.2 Å². The van der Waals surface area contributed by atoms with Crippen molar-refractivity contribution in [1.82, 2.24) is 4.57 Å². The average molecular weight is 367 g/mol. The quantitative estimate of drug-likeness (QED) is 0.662. The number of aliphatic hydroxyl groups is 1. The number of esters is 1. The maximum absolute atomic E-state index is 13.0. The van der Waals surface area contributed by atoms with Gasteiger partial charge in [0.2, 0.25) is 5.78 Å². The Morgan fingerprint density at radius 3 is 2.48 bits per heavy atom. The summed E-state index contributed by atoms with van der Waals surface area (Å²) in [5, 5.41) is 11.0. The average Bonchev–Trinajstić information content (AvgIpc) is 3.34. The molecule has 27 heavy (non-hydrogen) atoms. The van der Waals surface area contributed by atoms with E-state index in [1.807, 2.05) is 34.9 Å². The number of rotatable bonds is 3. The van der Waals surface area contributed by atoms with E-state index < -0.39 is 17.3 Å². The molecule has 0 saturated heterocycles. The van der Waals surface area contributed by atoms with E-state index in [1.54, 1.807) is 13.2 Å². The van der Waals surface area contributed by atoms with Gasteiger partial charge in [-0.15, -0.1) is 0 Å². The number of nitrogens with zero attached hydrogens (tertiary/aromatic N) is 1. The van der Waals surface area contributed by atoms with Crippen LogP contribution in [0.4, 0.5) is 0 Å². The second-order valence-corrected chi connectivity index (χ2v) is 6.95. The van der Waals surface area contributed by atoms with Crippen LogP contribution in [0.15, 0.2) is 47.7 Å². The van der Waals surface area contributed by atoms with Gasteiger partial charge in [-0.05, 0) is 37.1 Å². The van der Waals surface area contributed by atoms with Crippen molar-refractivity contribution in [3.05, 3.63) is 53.4 Å². The molecule has 4 rings (SSSR count). The monoisotopic (exact) mass is 367 g/mol. The summed E-state index contributed by atoms with van der Waals surface area (Å²) < 4.78 is 12.0. The molecule has 1 aromatic heterocycles. The van der Waals surface area contributed by atoms with Gasteiger partial charge in [0.05, 0.1) is 19.9 Å². The molecule has 2 aromatic rings. The summed E-state index contributed by atoms with van der Waals surface area (Å²) >= 11 is 0. The van der Waals surface area contributed by atoms with E-state index in [0.717, 1.165) is 24.1 Å². The molecular formula is C21H21NO5. The van der Waals surface area contributed by atoms with E-state index in [9.17, 15) is 14.7 Å². The first-order chi connectivity index (χ1) is 13.0. The number of aromatic nitrogens is 1. The first-order valence-electron chi connectivity index (χ1n) is 8.97. The molecule has 0 amide bonds. The first-order valence-corrected chi connectivity index (χ1v) is 8.97. The third-order valence-corrected chi connectivity index (χ3v) is 5.63. The van der Waals surface area contributed by atoms with Gasteiger partial charge >= 0.3 is 5.97 Å². The number of Topliss-reactive ketones (excluding diaryl/α,β-unsaturated/α-hetero) is 1. The zero-order chi connectivity index (χ0) is 19.2. The van der Waals surface area contributed by atoms with Gasteiger partial charge in [-0.2, -0.15) is 0 Å². The third kappa shape index (κ3) is 2.40. The molecule has 6 heteroatoms. The number of carbonyl (C=O) groups excluding carboxylic acids is 2. The standard InChI is InChI=1S/C21H21NO5/c1-26-14-7-5-6-13(12-14)15-8-9-16-18(23)17(20(25)27-2)19(24)21(22(15)16)10-3-4-11-21/h5-9,12,24H,3-4,10-11H2,1-2H3. The van der Waals surface area contributed by atoms with Gasteiger partial charge < -0.3 is 19.1 Å². The summed E-state index contributed by atoms with van der Waals surface area (Å²) in [5.41, 5.74) is 1.05.